The summed E-state index contributed by atoms with van der Waals surface area (Å²) in [5.41, 5.74) is 5.45. The number of nitrogens with one attached hydrogen (secondary N) is 1. The van der Waals surface area contributed by atoms with Gasteiger partial charge in [-0.3, -0.25) is 4.72 Å². The van der Waals surface area contributed by atoms with Crippen LogP contribution in [0.5, 0.6) is 0 Å². The molecule has 6 nitrogen and oxygen atoms in total. The number of nitrogen functional groups attached to an aromatic ring is 1. The molecule has 0 amide bonds. The van der Waals surface area contributed by atoms with Gasteiger partial charge in [-0.05, 0) is 12.1 Å². The SMILES string of the molecule is Nc1cc(Cl)c(F)c(S(=O)(=O)Nc2ccon2)c1. The van der Waals surface area contributed by atoms with Crippen molar-refractivity contribution in [3.63, 3.8) is 0 Å². The number of rotatable bonds is 3. The molecule has 18 heavy (non-hydrogen) atoms. The molecule has 2 aromatic rings. The van der Waals surface area contributed by atoms with E-state index in [1.165, 1.54) is 12.3 Å². The van der Waals surface area contributed by atoms with Crippen molar-refractivity contribution in [2.75, 3.05) is 10.5 Å². The summed E-state index contributed by atoms with van der Waals surface area (Å²) < 4.78 is 43.9. The third kappa shape index (κ3) is 2.39. The molecule has 9 heteroatoms. The van der Waals surface area contributed by atoms with Gasteiger partial charge in [0.05, 0.1) is 5.02 Å². The quantitative estimate of drug-likeness (QED) is 0.841. The molecular formula is C9H7ClFN3O3S. The Kier molecular flexibility index (Phi) is 3.14. The number of hydrogen-bond donors (Lipinski definition) is 2. The molecule has 1 aromatic carbocycles. The predicted octanol–water partition coefficient (Wildman–Crippen LogP) is 1.85. The highest BCUT2D eigenvalue weighted by molar-refractivity contribution is 7.92. The average Bonchev–Trinajstić information content (AvgIpc) is 2.75. The molecule has 96 valence electrons. The summed E-state index contributed by atoms with van der Waals surface area (Å²) in [4.78, 5) is -0.657. The van der Waals surface area contributed by atoms with Crippen LogP contribution in [0.2, 0.25) is 5.02 Å². The fourth-order valence-electron chi connectivity index (χ4n) is 1.24. The van der Waals surface area contributed by atoms with Crippen molar-refractivity contribution in [2.24, 2.45) is 0 Å². The van der Waals surface area contributed by atoms with Crippen molar-refractivity contribution in [1.82, 2.24) is 5.16 Å². The molecule has 0 aliphatic carbocycles. The van der Waals surface area contributed by atoms with E-state index in [2.05, 4.69) is 9.68 Å². The number of nitrogens with two attached hydrogens (primary N) is 1. The second kappa shape index (κ2) is 4.46. The highest BCUT2D eigenvalue weighted by Gasteiger charge is 2.22. The van der Waals surface area contributed by atoms with E-state index in [0.29, 0.717) is 0 Å². The van der Waals surface area contributed by atoms with E-state index in [4.69, 9.17) is 17.3 Å². The number of anilines is 2. The number of hydrogen-bond acceptors (Lipinski definition) is 5. The van der Waals surface area contributed by atoms with Crippen LogP contribution in [0.15, 0.2) is 33.9 Å². The molecule has 1 aromatic heterocycles. The van der Waals surface area contributed by atoms with Gasteiger partial charge in [0.2, 0.25) is 0 Å². The van der Waals surface area contributed by atoms with Crippen LogP contribution in [0, 0.1) is 5.82 Å². The first-order valence-corrected chi connectivity index (χ1v) is 6.44. The van der Waals surface area contributed by atoms with E-state index >= 15 is 0 Å². The first-order chi connectivity index (χ1) is 8.40. The van der Waals surface area contributed by atoms with Crippen LogP contribution in [0.1, 0.15) is 0 Å². The zero-order valence-electron chi connectivity index (χ0n) is 8.72. The van der Waals surface area contributed by atoms with E-state index in [-0.39, 0.29) is 16.5 Å². The van der Waals surface area contributed by atoms with Gasteiger partial charge in [0.15, 0.2) is 11.6 Å². The summed E-state index contributed by atoms with van der Waals surface area (Å²) in [6.45, 7) is 0. The average molecular weight is 292 g/mol. The second-order valence-electron chi connectivity index (χ2n) is 3.31. The lowest BCUT2D eigenvalue weighted by atomic mass is 10.3. The maximum Gasteiger partial charge on any atom is 0.266 e. The van der Waals surface area contributed by atoms with Crippen molar-refractivity contribution in [1.29, 1.82) is 0 Å². The van der Waals surface area contributed by atoms with Crippen molar-refractivity contribution >= 4 is 33.1 Å². The smallest absolute Gasteiger partial charge is 0.266 e. The summed E-state index contributed by atoms with van der Waals surface area (Å²) in [6, 6.07) is 3.35. The highest BCUT2D eigenvalue weighted by atomic mass is 35.5. The molecular weight excluding hydrogens is 285 g/mol. The van der Waals surface area contributed by atoms with E-state index < -0.39 is 20.7 Å². The lowest BCUT2D eigenvalue weighted by molar-refractivity contribution is 0.423. The van der Waals surface area contributed by atoms with Crippen LogP contribution in [0.3, 0.4) is 0 Å². The van der Waals surface area contributed by atoms with Gasteiger partial charge in [-0.1, -0.05) is 16.8 Å². The predicted molar refractivity (Wildman–Crippen MR) is 63.1 cm³/mol. The maximum atomic E-state index is 13.7. The molecule has 0 unspecified atom stereocenters. The first-order valence-electron chi connectivity index (χ1n) is 4.58. The van der Waals surface area contributed by atoms with Crippen LogP contribution in [0.4, 0.5) is 15.9 Å². The molecule has 0 radical (unpaired) electrons. The Morgan fingerprint density at radius 3 is 2.78 bits per heavy atom. The van der Waals surface area contributed by atoms with Gasteiger partial charge in [0.1, 0.15) is 11.2 Å². The summed E-state index contributed by atoms with van der Waals surface area (Å²) in [5.74, 6) is -1.16. The molecule has 2 rings (SSSR count). The number of aromatic nitrogens is 1. The zero-order chi connectivity index (χ0) is 13.3. The maximum absolute atomic E-state index is 13.7. The molecule has 0 saturated carbocycles. The second-order valence-corrected chi connectivity index (χ2v) is 5.36. The number of sulfonamides is 1. The van der Waals surface area contributed by atoms with Crippen LogP contribution in [0.25, 0.3) is 0 Å². The molecule has 0 bridgehead atoms. The van der Waals surface area contributed by atoms with E-state index in [0.717, 1.165) is 12.1 Å². The van der Waals surface area contributed by atoms with Gasteiger partial charge in [0, 0.05) is 11.8 Å². The molecule has 1 heterocycles. The van der Waals surface area contributed by atoms with Crippen LogP contribution in [-0.2, 0) is 10.0 Å². The Morgan fingerprint density at radius 2 is 2.17 bits per heavy atom. The minimum Gasteiger partial charge on any atom is -0.399 e. The molecule has 0 aliphatic rings. The van der Waals surface area contributed by atoms with Crippen LogP contribution < -0.4 is 10.5 Å². The first kappa shape index (κ1) is 12.7. The molecule has 0 atom stereocenters. The number of halogens is 2. The molecule has 3 N–H and O–H groups in total. The Hall–Kier alpha value is -1.80. The van der Waals surface area contributed by atoms with Crippen molar-refractivity contribution in [3.8, 4) is 0 Å². The van der Waals surface area contributed by atoms with Gasteiger partial charge in [0.25, 0.3) is 10.0 Å². The van der Waals surface area contributed by atoms with Gasteiger partial charge >= 0.3 is 0 Å². The van der Waals surface area contributed by atoms with Crippen molar-refractivity contribution < 1.29 is 17.3 Å². The van der Waals surface area contributed by atoms with E-state index in [9.17, 15) is 12.8 Å². The monoisotopic (exact) mass is 291 g/mol. The Balaban J connectivity index is 2.48. The van der Waals surface area contributed by atoms with Gasteiger partial charge in [-0.15, -0.1) is 0 Å². The van der Waals surface area contributed by atoms with E-state index in [1.807, 2.05) is 4.72 Å². The third-order valence-corrected chi connectivity index (χ3v) is 3.61. The molecule has 0 spiro atoms. The summed E-state index contributed by atoms with van der Waals surface area (Å²) in [7, 11) is -4.17. The van der Waals surface area contributed by atoms with E-state index in [1.54, 1.807) is 0 Å². The molecule has 0 saturated heterocycles. The third-order valence-electron chi connectivity index (χ3n) is 1.98. The van der Waals surface area contributed by atoms with Crippen LogP contribution >= 0.6 is 11.6 Å². The Bertz CT molecular complexity index is 673. The van der Waals surface area contributed by atoms with Gasteiger partial charge in [-0.2, -0.15) is 0 Å². The Labute approximate surface area is 107 Å². The standard InChI is InChI=1S/C9H7ClFN3O3S/c10-6-3-5(12)4-7(9(6)11)18(15,16)14-8-1-2-17-13-8/h1-4H,12H2,(H,13,14). The number of nitrogens with zero attached hydrogens (tertiary/aromatic N) is 1. The largest absolute Gasteiger partial charge is 0.399 e. The Morgan fingerprint density at radius 1 is 1.44 bits per heavy atom. The summed E-state index contributed by atoms with van der Waals surface area (Å²) in [5, 5.41) is 2.97. The van der Waals surface area contributed by atoms with Gasteiger partial charge < -0.3 is 10.3 Å². The van der Waals surface area contributed by atoms with Gasteiger partial charge in [-0.25, -0.2) is 12.8 Å². The molecule has 0 fully saturated rings. The highest BCUT2D eigenvalue weighted by Crippen LogP contribution is 2.26. The normalized spacial score (nSPS) is 11.4. The number of benzene rings is 1. The van der Waals surface area contributed by atoms with Crippen LogP contribution in [-0.4, -0.2) is 13.6 Å². The summed E-state index contributed by atoms with van der Waals surface area (Å²) >= 11 is 5.53. The minimum absolute atomic E-state index is 0.0296. The topological polar surface area (TPSA) is 98.2 Å². The molecule has 0 aliphatic heterocycles. The minimum atomic E-state index is -4.17. The lowest BCUT2D eigenvalue weighted by Gasteiger charge is -2.08. The van der Waals surface area contributed by atoms with Crippen molar-refractivity contribution in [2.45, 2.75) is 4.90 Å². The fourth-order valence-corrected chi connectivity index (χ4v) is 2.65. The zero-order valence-corrected chi connectivity index (χ0v) is 10.3. The fraction of sp³-hybridized carbons (Fsp3) is 0. The lowest BCUT2D eigenvalue weighted by Crippen LogP contribution is -2.15. The summed E-state index contributed by atoms with van der Waals surface area (Å²) in [6.07, 6.45) is 1.17. The van der Waals surface area contributed by atoms with Crippen molar-refractivity contribution in [3.05, 3.63) is 35.3 Å².